The average Bonchev–Trinajstić information content (AvgIpc) is 2.91. The molecule has 1 aromatic carbocycles. The largest absolute Gasteiger partial charge is 0.492 e. The Balaban J connectivity index is 1.83. The first-order chi connectivity index (χ1) is 9.79. The smallest absolute Gasteiger partial charge is 0.124 e. The highest BCUT2D eigenvalue weighted by Crippen LogP contribution is 2.35. The topological polar surface area (TPSA) is 24.5 Å². The van der Waals surface area contributed by atoms with Crippen molar-refractivity contribution in [3.05, 3.63) is 29.8 Å². The molecule has 0 amide bonds. The van der Waals surface area contributed by atoms with E-state index in [1.165, 1.54) is 31.5 Å². The maximum atomic E-state index is 6.01. The summed E-state index contributed by atoms with van der Waals surface area (Å²) in [7, 11) is 0. The first kappa shape index (κ1) is 13.9. The molecule has 3 unspecified atom stereocenters. The van der Waals surface area contributed by atoms with Crippen molar-refractivity contribution in [2.24, 2.45) is 5.92 Å². The minimum Gasteiger partial charge on any atom is -0.492 e. The van der Waals surface area contributed by atoms with E-state index in [0.717, 1.165) is 24.8 Å². The van der Waals surface area contributed by atoms with Gasteiger partial charge >= 0.3 is 0 Å². The third-order valence-electron chi connectivity index (χ3n) is 4.59. The number of hydrogen-bond acceptors (Lipinski definition) is 3. The van der Waals surface area contributed by atoms with E-state index in [1.807, 2.05) is 0 Å². The number of likely N-dealkylation sites (tertiary alicyclic amines) is 1. The van der Waals surface area contributed by atoms with Gasteiger partial charge in [0, 0.05) is 12.1 Å². The molecule has 0 radical (unpaired) electrons. The van der Waals surface area contributed by atoms with Crippen molar-refractivity contribution in [3.8, 4) is 5.75 Å². The lowest BCUT2D eigenvalue weighted by Crippen LogP contribution is -2.49. The van der Waals surface area contributed by atoms with E-state index >= 15 is 0 Å². The third kappa shape index (κ3) is 2.70. The quantitative estimate of drug-likeness (QED) is 0.913. The zero-order valence-corrected chi connectivity index (χ0v) is 12.6. The lowest BCUT2D eigenvalue weighted by molar-refractivity contribution is 0.102. The van der Waals surface area contributed by atoms with Gasteiger partial charge in [0.1, 0.15) is 12.4 Å². The van der Waals surface area contributed by atoms with Crippen LogP contribution in [0.5, 0.6) is 5.75 Å². The number of hydrogen-bond donors (Lipinski definition) is 1. The first-order valence-corrected chi connectivity index (χ1v) is 7.98. The van der Waals surface area contributed by atoms with Crippen LogP contribution in [-0.2, 0) is 0 Å². The van der Waals surface area contributed by atoms with Crippen LogP contribution < -0.4 is 10.1 Å². The number of fused-ring (bicyclic) bond motifs is 1. The molecule has 2 heterocycles. The summed E-state index contributed by atoms with van der Waals surface area (Å²) in [5.74, 6) is 1.88. The van der Waals surface area contributed by atoms with Gasteiger partial charge in [-0.25, -0.2) is 0 Å². The number of ether oxygens (including phenoxy) is 1. The predicted molar refractivity (Wildman–Crippen MR) is 82.1 cm³/mol. The molecule has 3 nitrogen and oxygen atoms in total. The molecular formula is C17H26N2O. The Morgan fingerprint density at radius 2 is 2.20 bits per heavy atom. The summed E-state index contributed by atoms with van der Waals surface area (Å²) >= 11 is 0. The lowest BCUT2D eigenvalue weighted by atomic mass is 9.95. The van der Waals surface area contributed by atoms with Crippen molar-refractivity contribution in [2.75, 3.05) is 26.2 Å². The maximum absolute atomic E-state index is 6.01. The number of nitrogens with zero attached hydrogens (tertiary/aromatic N) is 1. The van der Waals surface area contributed by atoms with Crippen molar-refractivity contribution in [3.63, 3.8) is 0 Å². The van der Waals surface area contributed by atoms with Gasteiger partial charge in [-0.3, -0.25) is 4.90 Å². The van der Waals surface area contributed by atoms with Gasteiger partial charge < -0.3 is 10.1 Å². The van der Waals surface area contributed by atoms with Crippen LogP contribution in [0.25, 0.3) is 0 Å². The Hall–Kier alpha value is -1.06. The summed E-state index contributed by atoms with van der Waals surface area (Å²) in [5.41, 5.74) is 1.33. The Labute approximate surface area is 122 Å². The zero-order valence-electron chi connectivity index (χ0n) is 12.6. The van der Waals surface area contributed by atoms with Gasteiger partial charge in [-0.05, 0) is 37.9 Å². The van der Waals surface area contributed by atoms with Gasteiger partial charge in [0.25, 0.3) is 0 Å². The molecule has 0 aromatic heterocycles. The molecule has 0 spiro atoms. The third-order valence-corrected chi connectivity index (χ3v) is 4.59. The Kier molecular flexibility index (Phi) is 4.27. The molecule has 3 rings (SSSR count). The second kappa shape index (κ2) is 6.15. The van der Waals surface area contributed by atoms with Gasteiger partial charge in [-0.1, -0.05) is 32.0 Å². The normalized spacial score (nSPS) is 30.0. The van der Waals surface area contributed by atoms with Crippen LogP contribution in [0.2, 0.25) is 0 Å². The van der Waals surface area contributed by atoms with Crippen LogP contribution in [-0.4, -0.2) is 37.2 Å². The Morgan fingerprint density at radius 1 is 1.35 bits per heavy atom. The van der Waals surface area contributed by atoms with E-state index in [0.29, 0.717) is 12.1 Å². The van der Waals surface area contributed by atoms with Crippen LogP contribution in [0.3, 0.4) is 0 Å². The maximum Gasteiger partial charge on any atom is 0.124 e. The highest BCUT2D eigenvalue weighted by molar-refractivity contribution is 5.38. The molecule has 3 atom stereocenters. The number of benzene rings is 1. The summed E-state index contributed by atoms with van der Waals surface area (Å²) in [6, 6.07) is 9.38. The van der Waals surface area contributed by atoms with Gasteiger partial charge in [0.05, 0.1) is 12.1 Å². The van der Waals surface area contributed by atoms with Gasteiger partial charge in [-0.2, -0.15) is 0 Å². The zero-order chi connectivity index (χ0) is 13.9. The van der Waals surface area contributed by atoms with Crippen molar-refractivity contribution in [2.45, 2.75) is 38.8 Å². The summed E-state index contributed by atoms with van der Waals surface area (Å²) in [5, 5.41) is 3.75. The molecule has 3 heteroatoms. The number of para-hydroxylation sites is 1. The highest BCUT2D eigenvalue weighted by Gasteiger charge is 2.36. The first-order valence-electron chi connectivity index (χ1n) is 7.98. The van der Waals surface area contributed by atoms with Crippen LogP contribution >= 0.6 is 0 Å². The lowest BCUT2D eigenvalue weighted by Gasteiger charge is -2.39. The fourth-order valence-corrected chi connectivity index (χ4v) is 3.48. The molecule has 110 valence electrons. The highest BCUT2D eigenvalue weighted by atomic mass is 16.5. The minimum absolute atomic E-state index is 0.408. The summed E-state index contributed by atoms with van der Waals surface area (Å²) < 4.78 is 6.01. The molecule has 1 fully saturated rings. The van der Waals surface area contributed by atoms with Crippen molar-refractivity contribution in [1.29, 1.82) is 0 Å². The number of nitrogens with one attached hydrogen (secondary N) is 1. The van der Waals surface area contributed by atoms with Crippen LogP contribution in [0.4, 0.5) is 0 Å². The SMILES string of the molecule is CCCNC1c2ccccc2OCC1N1CCC(C)C1. The molecule has 1 N–H and O–H groups in total. The summed E-state index contributed by atoms with van der Waals surface area (Å²) in [6.45, 7) is 8.88. The van der Waals surface area contributed by atoms with Crippen molar-refractivity contribution < 1.29 is 4.74 Å². The summed E-state index contributed by atoms with van der Waals surface area (Å²) in [4.78, 5) is 2.62. The van der Waals surface area contributed by atoms with Crippen molar-refractivity contribution >= 4 is 0 Å². The standard InChI is InChI=1S/C17H26N2O/c1-3-9-18-17-14-6-4-5-7-16(14)20-12-15(17)19-10-8-13(2)11-19/h4-7,13,15,17-18H,3,8-12H2,1-2H3. The van der Waals surface area contributed by atoms with E-state index in [-0.39, 0.29) is 0 Å². The molecule has 1 aromatic rings. The molecular weight excluding hydrogens is 248 g/mol. The molecule has 0 saturated carbocycles. The van der Waals surface area contributed by atoms with Crippen LogP contribution in [0.1, 0.15) is 38.3 Å². The van der Waals surface area contributed by atoms with E-state index in [1.54, 1.807) is 0 Å². The molecule has 2 aliphatic heterocycles. The van der Waals surface area contributed by atoms with Crippen LogP contribution in [0.15, 0.2) is 24.3 Å². The Bertz CT molecular complexity index is 448. The molecule has 0 bridgehead atoms. The van der Waals surface area contributed by atoms with E-state index < -0.39 is 0 Å². The fourth-order valence-electron chi connectivity index (χ4n) is 3.48. The van der Waals surface area contributed by atoms with Crippen LogP contribution in [0, 0.1) is 5.92 Å². The second-order valence-corrected chi connectivity index (χ2v) is 6.24. The monoisotopic (exact) mass is 274 g/mol. The fraction of sp³-hybridized carbons (Fsp3) is 0.647. The van der Waals surface area contributed by atoms with E-state index in [4.69, 9.17) is 4.74 Å². The average molecular weight is 274 g/mol. The number of rotatable bonds is 4. The van der Waals surface area contributed by atoms with E-state index in [2.05, 4.69) is 48.3 Å². The van der Waals surface area contributed by atoms with Gasteiger partial charge in [0.2, 0.25) is 0 Å². The second-order valence-electron chi connectivity index (χ2n) is 6.24. The minimum atomic E-state index is 0.408. The predicted octanol–water partition coefficient (Wildman–Crippen LogP) is 2.83. The van der Waals surface area contributed by atoms with Crippen molar-refractivity contribution in [1.82, 2.24) is 10.2 Å². The summed E-state index contributed by atoms with van der Waals surface area (Å²) in [6.07, 6.45) is 2.49. The molecule has 0 aliphatic carbocycles. The Morgan fingerprint density at radius 3 is 2.95 bits per heavy atom. The van der Waals surface area contributed by atoms with Gasteiger partial charge in [-0.15, -0.1) is 0 Å². The molecule has 1 saturated heterocycles. The van der Waals surface area contributed by atoms with E-state index in [9.17, 15) is 0 Å². The molecule has 2 aliphatic rings. The van der Waals surface area contributed by atoms with Gasteiger partial charge in [0.15, 0.2) is 0 Å². The molecule has 20 heavy (non-hydrogen) atoms.